The first-order chi connectivity index (χ1) is 10.5. The molecule has 0 heterocycles. The summed E-state index contributed by atoms with van der Waals surface area (Å²) in [5.74, 6) is -0.268. The molecule has 0 aliphatic rings. The van der Waals surface area contributed by atoms with Crippen molar-refractivity contribution in [1.29, 1.82) is 0 Å². The fourth-order valence-corrected chi connectivity index (χ4v) is 2.32. The maximum atomic E-state index is 11.8. The monoisotopic (exact) mass is 355 g/mol. The van der Waals surface area contributed by atoms with Crippen LogP contribution in [0.3, 0.4) is 0 Å². The summed E-state index contributed by atoms with van der Waals surface area (Å²) in [6, 6.07) is 10.2. The van der Waals surface area contributed by atoms with E-state index in [2.05, 4.69) is 10.5 Å². The van der Waals surface area contributed by atoms with Crippen LogP contribution in [0.1, 0.15) is 11.1 Å². The van der Waals surface area contributed by atoms with E-state index in [4.69, 9.17) is 40.5 Å². The van der Waals surface area contributed by atoms with Crippen molar-refractivity contribution in [2.24, 2.45) is 5.10 Å². The summed E-state index contributed by atoms with van der Waals surface area (Å²) in [4.78, 5) is 11.8. The number of carbonyl (C=O) groups excluding carboxylic acids is 1. The topological polar surface area (TPSA) is 67.5 Å². The normalized spacial score (nSPS) is 10.9. The van der Waals surface area contributed by atoms with Gasteiger partial charge < -0.3 is 5.73 Å². The molecule has 3 N–H and O–H groups in total. The van der Waals surface area contributed by atoms with Gasteiger partial charge in [0.25, 0.3) is 0 Å². The van der Waals surface area contributed by atoms with E-state index in [0.29, 0.717) is 21.3 Å². The van der Waals surface area contributed by atoms with Crippen molar-refractivity contribution in [3.63, 3.8) is 0 Å². The molecule has 0 bridgehead atoms. The second kappa shape index (κ2) is 7.49. The Kier molecular flexibility index (Phi) is 5.66. The maximum absolute atomic E-state index is 11.8. The minimum absolute atomic E-state index is 0.189. The number of nitrogens with one attached hydrogen (secondary N) is 1. The molecule has 0 unspecified atom stereocenters. The van der Waals surface area contributed by atoms with Crippen molar-refractivity contribution < 1.29 is 4.79 Å². The van der Waals surface area contributed by atoms with E-state index < -0.39 is 0 Å². The largest absolute Gasteiger partial charge is 0.399 e. The quantitative estimate of drug-likeness (QED) is 0.377. The summed E-state index contributed by atoms with van der Waals surface area (Å²) in [5, 5.41) is 4.88. The molecule has 0 saturated carbocycles. The Morgan fingerprint density at radius 3 is 2.41 bits per heavy atom. The Balaban J connectivity index is 1.99. The van der Waals surface area contributed by atoms with Crippen LogP contribution in [-0.4, -0.2) is 12.1 Å². The number of nitrogen functional groups attached to an aromatic ring is 1. The number of hydrazone groups is 1. The Morgan fingerprint density at radius 2 is 1.73 bits per heavy atom. The SMILES string of the molecule is Nc1ccc(CC(=O)N/N=C\c2c(Cl)ccc(Cl)c2Cl)cc1. The van der Waals surface area contributed by atoms with Crippen LogP contribution in [0.5, 0.6) is 0 Å². The van der Waals surface area contributed by atoms with Crippen molar-refractivity contribution in [2.45, 2.75) is 6.42 Å². The zero-order valence-corrected chi connectivity index (χ0v) is 13.6. The predicted molar refractivity (Wildman–Crippen MR) is 91.8 cm³/mol. The molecule has 7 heteroatoms. The molecule has 1 amide bonds. The Labute approximate surface area is 142 Å². The van der Waals surface area contributed by atoms with Crippen LogP contribution in [0.25, 0.3) is 0 Å². The molecule has 0 atom stereocenters. The summed E-state index contributed by atoms with van der Waals surface area (Å²) >= 11 is 17.9. The zero-order valence-electron chi connectivity index (χ0n) is 11.3. The maximum Gasteiger partial charge on any atom is 0.244 e. The number of halogens is 3. The molecule has 4 nitrogen and oxygen atoms in total. The number of anilines is 1. The lowest BCUT2D eigenvalue weighted by Gasteiger charge is -2.04. The van der Waals surface area contributed by atoms with E-state index in [0.717, 1.165) is 5.56 Å². The van der Waals surface area contributed by atoms with Crippen LogP contribution in [0.4, 0.5) is 5.69 Å². The molecule has 2 rings (SSSR count). The van der Waals surface area contributed by atoms with Crippen molar-refractivity contribution in [2.75, 3.05) is 5.73 Å². The van der Waals surface area contributed by atoms with Crippen LogP contribution in [0, 0.1) is 0 Å². The van der Waals surface area contributed by atoms with Gasteiger partial charge in [-0.1, -0.05) is 46.9 Å². The van der Waals surface area contributed by atoms with E-state index in [1.54, 1.807) is 36.4 Å². The molecule has 0 aliphatic heterocycles. The Hall–Kier alpha value is -1.75. The van der Waals surface area contributed by atoms with Crippen molar-refractivity contribution in [3.8, 4) is 0 Å². The highest BCUT2D eigenvalue weighted by atomic mass is 35.5. The van der Waals surface area contributed by atoms with Crippen LogP contribution in [-0.2, 0) is 11.2 Å². The second-order valence-corrected chi connectivity index (χ2v) is 5.66. The third-order valence-electron chi connectivity index (χ3n) is 2.81. The smallest absolute Gasteiger partial charge is 0.244 e. The summed E-state index contributed by atoms with van der Waals surface area (Å²) in [6.45, 7) is 0. The van der Waals surface area contributed by atoms with Gasteiger partial charge >= 0.3 is 0 Å². The lowest BCUT2D eigenvalue weighted by Crippen LogP contribution is -2.19. The van der Waals surface area contributed by atoms with Gasteiger partial charge in [-0.25, -0.2) is 5.43 Å². The number of carbonyl (C=O) groups is 1. The number of benzene rings is 2. The molecule has 0 aromatic heterocycles. The summed E-state index contributed by atoms with van der Waals surface area (Å²) in [7, 11) is 0. The van der Waals surface area contributed by atoms with E-state index in [-0.39, 0.29) is 17.4 Å². The van der Waals surface area contributed by atoms with Gasteiger partial charge in [0, 0.05) is 11.3 Å². The highest BCUT2D eigenvalue weighted by Crippen LogP contribution is 2.29. The Bertz CT molecular complexity index is 715. The fraction of sp³-hybridized carbons (Fsp3) is 0.0667. The van der Waals surface area contributed by atoms with Crippen molar-refractivity contribution >= 4 is 52.6 Å². The van der Waals surface area contributed by atoms with Gasteiger partial charge in [-0.3, -0.25) is 4.79 Å². The Morgan fingerprint density at radius 1 is 1.09 bits per heavy atom. The molecule has 22 heavy (non-hydrogen) atoms. The lowest BCUT2D eigenvalue weighted by molar-refractivity contribution is -0.120. The first kappa shape index (κ1) is 16.6. The summed E-state index contributed by atoms with van der Waals surface area (Å²) in [5.41, 5.74) is 9.92. The third kappa shape index (κ3) is 4.37. The van der Waals surface area contributed by atoms with E-state index >= 15 is 0 Å². The van der Waals surface area contributed by atoms with Crippen molar-refractivity contribution in [3.05, 3.63) is 62.6 Å². The van der Waals surface area contributed by atoms with Gasteiger partial charge in [0.1, 0.15) is 0 Å². The predicted octanol–water partition coefficient (Wildman–Crippen LogP) is 3.92. The van der Waals surface area contributed by atoms with Gasteiger partial charge in [0.15, 0.2) is 0 Å². The minimum atomic E-state index is -0.268. The molecular formula is C15H12Cl3N3O. The number of hydrogen-bond acceptors (Lipinski definition) is 3. The first-order valence-corrected chi connectivity index (χ1v) is 7.40. The minimum Gasteiger partial charge on any atom is -0.399 e. The average molecular weight is 357 g/mol. The molecular weight excluding hydrogens is 345 g/mol. The number of hydrogen-bond donors (Lipinski definition) is 2. The molecule has 0 spiro atoms. The number of rotatable bonds is 4. The van der Waals surface area contributed by atoms with E-state index in [1.807, 2.05) is 0 Å². The molecule has 0 fully saturated rings. The van der Waals surface area contributed by atoms with Crippen LogP contribution in [0.2, 0.25) is 15.1 Å². The lowest BCUT2D eigenvalue weighted by atomic mass is 10.1. The third-order valence-corrected chi connectivity index (χ3v) is 3.96. The van der Waals surface area contributed by atoms with Crippen LogP contribution < -0.4 is 11.2 Å². The number of nitrogens with zero attached hydrogens (tertiary/aromatic N) is 1. The second-order valence-electron chi connectivity index (χ2n) is 4.47. The molecule has 114 valence electrons. The first-order valence-electron chi connectivity index (χ1n) is 6.27. The van der Waals surface area contributed by atoms with E-state index in [1.165, 1.54) is 6.21 Å². The highest BCUT2D eigenvalue weighted by molar-refractivity contribution is 6.45. The van der Waals surface area contributed by atoms with Gasteiger partial charge in [0.2, 0.25) is 5.91 Å². The zero-order chi connectivity index (χ0) is 16.1. The average Bonchev–Trinajstić information content (AvgIpc) is 2.49. The summed E-state index contributed by atoms with van der Waals surface area (Å²) < 4.78 is 0. The molecule has 0 aliphatic carbocycles. The van der Waals surface area contributed by atoms with Crippen LogP contribution >= 0.6 is 34.8 Å². The van der Waals surface area contributed by atoms with Crippen molar-refractivity contribution in [1.82, 2.24) is 5.43 Å². The molecule has 0 saturated heterocycles. The van der Waals surface area contributed by atoms with Gasteiger partial charge in [-0.05, 0) is 29.8 Å². The standard InChI is InChI=1S/C15H12Cl3N3O/c16-12-5-6-13(17)15(18)11(12)8-20-21-14(22)7-9-1-3-10(19)4-2-9/h1-6,8H,7,19H2,(H,21,22)/b20-8-. The molecule has 2 aromatic carbocycles. The fourth-order valence-electron chi connectivity index (χ4n) is 1.69. The van der Waals surface area contributed by atoms with Gasteiger partial charge in [-0.2, -0.15) is 5.10 Å². The molecule has 0 radical (unpaired) electrons. The number of amides is 1. The van der Waals surface area contributed by atoms with Gasteiger partial charge in [-0.15, -0.1) is 0 Å². The number of nitrogens with two attached hydrogens (primary N) is 1. The summed E-state index contributed by atoms with van der Waals surface area (Å²) in [6.07, 6.45) is 1.55. The van der Waals surface area contributed by atoms with Gasteiger partial charge in [0.05, 0.1) is 27.7 Å². The van der Waals surface area contributed by atoms with Crippen LogP contribution in [0.15, 0.2) is 41.5 Å². The highest BCUT2D eigenvalue weighted by Gasteiger charge is 2.08. The van der Waals surface area contributed by atoms with E-state index in [9.17, 15) is 4.79 Å². The molecule has 2 aromatic rings.